The molecule has 0 heterocycles. The smallest absolute Gasteiger partial charge is 0.0693 e. The Morgan fingerprint density at radius 3 is 0.500 bits per heavy atom. The van der Waals surface area contributed by atoms with E-state index in [1.54, 1.807) is 0 Å². The first-order valence-electron chi connectivity index (χ1n) is 3.31. The Bertz CT molecular complexity index is 104. The van der Waals surface area contributed by atoms with E-state index >= 15 is 0 Å². The van der Waals surface area contributed by atoms with Crippen molar-refractivity contribution < 1.29 is 0 Å². The molecule has 0 N–H and O–H groups in total. The van der Waals surface area contributed by atoms with E-state index < -0.39 is 32.3 Å². The summed E-state index contributed by atoms with van der Waals surface area (Å²) in [5, 5.41) is -2.62. The van der Waals surface area contributed by atoms with Gasteiger partial charge in [-0.25, -0.2) is 0 Å². The van der Waals surface area contributed by atoms with Crippen molar-refractivity contribution in [1.82, 2.24) is 0 Å². The van der Waals surface area contributed by atoms with E-state index in [1.807, 2.05) is 0 Å². The molecule has 0 unspecified atom stereocenters. The number of alkyl halides is 6. The second-order valence-corrected chi connectivity index (χ2v) is 5.69. The Morgan fingerprint density at radius 2 is 0.417 bits per heavy atom. The molecule has 0 saturated heterocycles. The molecule has 1 rings (SSSR count). The van der Waals surface area contributed by atoms with E-state index in [2.05, 4.69) is 0 Å². The van der Waals surface area contributed by atoms with Crippen molar-refractivity contribution in [3.63, 3.8) is 0 Å². The van der Waals surface area contributed by atoms with E-state index in [-0.39, 0.29) is 0 Å². The molecular formula is C6H6Cl6. The lowest BCUT2D eigenvalue weighted by atomic mass is 9.97. The third-order valence-corrected chi connectivity index (χ3v) is 5.86. The van der Waals surface area contributed by atoms with Gasteiger partial charge in [-0.1, -0.05) is 0 Å². The maximum absolute atomic E-state index is 5.88. The molecule has 0 spiro atoms. The molecule has 0 bridgehead atoms. The Balaban J connectivity index is 2.76. The van der Waals surface area contributed by atoms with Crippen molar-refractivity contribution in [2.75, 3.05) is 0 Å². The van der Waals surface area contributed by atoms with Gasteiger partial charge in [-0.2, -0.15) is 0 Å². The average molecular weight is 291 g/mol. The van der Waals surface area contributed by atoms with E-state index in [1.165, 1.54) is 0 Å². The van der Waals surface area contributed by atoms with Gasteiger partial charge in [-0.05, 0) is 0 Å². The second kappa shape index (κ2) is 4.51. The first kappa shape index (κ1) is 11.8. The zero-order valence-corrected chi connectivity index (χ0v) is 10.3. The third kappa shape index (κ3) is 2.04. The van der Waals surface area contributed by atoms with Gasteiger partial charge in [0.2, 0.25) is 0 Å². The molecule has 1 fully saturated rings. The van der Waals surface area contributed by atoms with Gasteiger partial charge < -0.3 is 0 Å². The van der Waals surface area contributed by atoms with Crippen molar-refractivity contribution in [2.24, 2.45) is 0 Å². The van der Waals surface area contributed by atoms with Gasteiger partial charge in [0.25, 0.3) is 0 Å². The van der Waals surface area contributed by atoms with E-state index in [4.69, 9.17) is 69.6 Å². The number of rotatable bonds is 0. The second-order valence-electron chi connectivity index (χ2n) is 2.67. The summed E-state index contributed by atoms with van der Waals surface area (Å²) in [5.41, 5.74) is 0. The molecule has 0 aliphatic heterocycles. The van der Waals surface area contributed by atoms with Crippen LogP contribution in [-0.4, -0.2) is 32.3 Å². The largest absolute Gasteiger partial charge is 0.120 e. The molecule has 72 valence electrons. The molecule has 0 nitrogen and oxygen atoms in total. The van der Waals surface area contributed by atoms with Crippen LogP contribution >= 0.6 is 69.6 Å². The van der Waals surface area contributed by atoms with Gasteiger partial charge in [0.1, 0.15) is 0 Å². The minimum atomic E-state index is -0.437. The maximum atomic E-state index is 5.88. The highest BCUT2D eigenvalue weighted by molar-refractivity contribution is 6.45. The predicted octanol–water partition coefficient (Wildman–Crippen LogP) is 3.64. The first-order valence-corrected chi connectivity index (χ1v) is 5.93. The van der Waals surface area contributed by atoms with Crippen molar-refractivity contribution in [1.29, 1.82) is 0 Å². The third-order valence-electron chi connectivity index (χ3n) is 1.83. The van der Waals surface area contributed by atoms with Gasteiger partial charge in [0.15, 0.2) is 0 Å². The summed E-state index contributed by atoms with van der Waals surface area (Å²) < 4.78 is 0. The van der Waals surface area contributed by atoms with Crippen LogP contribution in [0.3, 0.4) is 0 Å². The lowest BCUT2D eigenvalue weighted by molar-refractivity contribution is 0.544. The molecule has 0 amide bonds. The predicted molar refractivity (Wildman–Crippen MR) is 57.8 cm³/mol. The SMILES string of the molecule is Cl[C@H]1[C@H](Cl)[C@@H](Cl)[C@H](Cl)[C@H](Cl)[C@H]1Cl. The molecular weight excluding hydrogens is 285 g/mol. The van der Waals surface area contributed by atoms with Crippen LogP contribution in [0.1, 0.15) is 0 Å². The number of hydrogen-bond donors (Lipinski definition) is 0. The zero-order chi connectivity index (χ0) is 9.46. The summed E-state index contributed by atoms with van der Waals surface area (Å²) in [5.74, 6) is 0. The Labute approximate surface area is 101 Å². The molecule has 1 saturated carbocycles. The monoisotopic (exact) mass is 288 g/mol. The summed E-state index contributed by atoms with van der Waals surface area (Å²) in [6.45, 7) is 0. The lowest BCUT2D eigenvalue weighted by Crippen LogP contribution is -2.52. The van der Waals surface area contributed by atoms with Crippen LogP contribution < -0.4 is 0 Å². The summed E-state index contributed by atoms with van der Waals surface area (Å²) >= 11 is 35.3. The van der Waals surface area contributed by atoms with Gasteiger partial charge in [0.05, 0.1) is 32.3 Å². The zero-order valence-electron chi connectivity index (χ0n) is 5.73. The van der Waals surface area contributed by atoms with E-state index in [9.17, 15) is 0 Å². The molecule has 12 heavy (non-hydrogen) atoms. The Hall–Kier alpha value is 1.74. The highest BCUT2D eigenvalue weighted by Crippen LogP contribution is 2.39. The highest BCUT2D eigenvalue weighted by Gasteiger charge is 2.46. The first-order chi connectivity index (χ1) is 5.46. The van der Waals surface area contributed by atoms with Crippen LogP contribution in [0.5, 0.6) is 0 Å². The van der Waals surface area contributed by atoms with Crippen LogP contribution in [0.25, 0.3) is 0 Å². The van der Waals surface area contributed by atoms with Gasteiger partial charge in [-0.3, -0.25) is 0 Å². The summed E-state index contributed by atoms with van der Waals surface area (Å²) in [7, 11) is 0. The topological polar surface area (TPSA) is 0 Å². The average Bonchev–Trinajstić information content (AvgIpc) is 2.08. The summed E-state index contributed by atoms with van der Waals surface area (Å²) in [4.78, 5) is 0. The van der Waals surface area contributed by atoms with Gasteiger partial charge >= 0.3 is 0 Å². The van der Waals surface area contributed by atoms with Crippen LogP contribution in [0, 0.1) is 0 Å². The summed E-state index contributed by atoms with van der Waals surface area (Å²) in [6.07, 6.45) is 0. The molecule has 1 aliphatic rings. The lowest BCUT2D eigenvalue weighted by Gasteiger charge is -2.37. The van der Waals surface area contributed by atoms with Crippen molar-refractivity contribution in [3.05, 3.63) is 0 Å². The standard InChI is InChI=1S/C6H6Cl6/c7-1-2(8)4(10)6(12)5(11)3(1)9/h1-6H/t1-,2-,3-,4-,5+,6+/m1/s1. The van der Waals surface area contributed by atoms with Crippen molar-refractivity contribution in [2.45, 2.75) is 32.3 Å². The molecule has 0 aromatic rings. The highest BCUT2D eigenvalue weighted by atomic mass is 35.5. The fraction of sp³-hybridized carbons (Fsp3) is 1.00. The molecule has 6 heteroatoms. The Kier molecular flexibility index (Phi) is 4.44. The fourth-order valence-electron chi connectivity index (χ4n) is 1.05. The van der Waals surface area contributed by atoms with Gasteiger partial charge in [-0.15, -0.1) is 69.6 Å². The van der Waals surface area contributed by atoms with Crippen LogP contribution in [0.4, 0.5) is 0 Å². The summed E-state index contributed by atoms with van der Waals surface area (Å²) in [6, 6.07) is 0. The van der Waals surface area contributed by atoms with Crippen molar-refractivity contribution in [3.8, 4) is 0 Å². The quantitative estimate of drug-likeness (QED) is 0.598. The van der Waals surface area contributed by atoms with E-state index in [0.717, 1.165) is 0 Å². The minimum absolute atomic E-state index is 0.437. The number of hydrogen-bond acceptors (Lipinski definition) is 0. The number of halogens is 6. The van der Waals surface area contributed by atoms with Crippen LogP contribution in [0.15, 0.2) is 0 Å². The Morgan fingerprint density at radius 1 is 0.333 bits per heavy atom. The molecule has 0 aromatic carbocycles. The van der Waals surface area contributed by atoms with Crippen LogP contribution in [0.2, 0.25) is 0 Å². The van der Waals surface area contributed by atoms with Crippen LogP contribution in [-0.2, 0) is 0 Å². The molecule has 0 radical (unpaired) electrons. The normalized spacial score (nSPS) is 55.5. The molecule has 0 aromatic heterocycles. The maximum Gasteiger partial charge on any atom is 0.0693 e. The molecule has 1 aliphatic carbocycles. The fourth-order valence-corrected chi connectivity index (χ4v) is 3.38. The molecule has 0 atom stereocenters. The van der Waals surface area contributed by atoms with E-state index in [0.29, 0.717) is 0 Å². The van der Waals surface area contributed by atoms with Gasteiger partial charge in [0, 0.05) is 0 Å². The van der Waals surface area contributed by atoms with Crippen molar-refractivity contribution >= 4 is 69.6 Å². The minimum Gasteiger partial charge on any atom is -0.120 e.